The van der Waals surface area contributed by atoms with Crippen LogP contribution in [0, 0.1) is 11.8 Å². The van der Waals surface area contributed by atoms with Crippen molar-refractivity contribution in [2.75, 3.05) is 0 Å². The second-order valence-electron chi connectivity index (χ2n) is 8.87. The topological polar surface area (TPSA) is 55.9 Å². The molecule has 0 radical (unpaired) electrons. The molecule has 0 N–H and O–H groups in total. The number of carbonyl (C=O) groups excluding carboxylic acids is 2. The third-order valence-electron chi connectivity index (χ3n) is 6.02. The molecule has 1 aliphatic heterocycles. The molecule has 0 aromatic heterocycles. The van der Waals surface area contributed by atoms with Crippen molar-refractivity contribution in [2.45, 2.75) is 92.0 Å². The van der Waals surface area contributed by atoms with E-state index in [2.05, 4.69) is 39.8 Å². The predicted octanol–water partition coefficient (Wildman–Crippen LogP) is 5.33. The van der Waals surface area contributed by atoms with E-state index in [0.717, 1.165) is 31.3 Å². The fourth-order valence-electron chi connectivity index (χ4n) is 4.26. The van der Waals surface area contributed by atoms with Crippen LogP contribution in [0.3, 0.4) is 0 Å². The fraction of sp³-hybridized carbons (Fsp3) is 0.667. The van der Waals surface area contributed by atoms with Crippen molar-refractivity contribution in [3.63, 3.8) is 0 Å². The summed E-state index contributed by atoms with van der Waals surface area (Å²) in [6, 6.07) is 0. The number of Topliss-reactive ketones (excluding diaryl/α,β-unsaturated/α-hetero) is 1. The van der Waals surface area contributed by atoms with Crippen LogP contribution >= 0.6 is 0 Å². The summed E-state index contributed by atoms with van der Waals surface area (Å²) < 4.78 is 11.9. The molecule has 4 nitrogen and oxygen atoms in total. The van der Waals surface area contributed by atoms with Gasteiger partial charge in [-0.15, -0.1) is 0 Å². The van der Waals surface area contributed by atoms with Crippen molar-refractivity contribution in [1.29, 1.82) is 0 Å². The maximum absolute atomic E-state index is 12.7. The van der Waals surface area contributed by atoms with Crippen molar-refractivity contribution >= 4 is 11.8 Å². The first-order valence-electron chi connectivity index (χ1n) is 10.4. The number of esters is 1. The smallest absolute Gasteiger partial charge is 0.303 e. The molecule has 1 heterocycles. The largest absolute Gasteiger partial charge is 0.457 e. The first kappa shape index (κ1) is 22.6. The van der Waals surface area contributed by atoms with Crippen LogP contribution in [-0.4, -0.2) is 29.6 Å². The Hall–Kier alpha value is -1.68. The fourth-order valence-corrected chi connectivity index (χ4v) is 4.26. The monoisotopic (exact) mass is 388 g/mol. The van der Waals surface area contributed by atoms with E-state index in [1.54, 1.807) is 6.92 Å². The molecule has 2 aliphatic rings. The predicted molar refractivity (Wildman–Crippen MR) is 112 cm³/mol. The Kier molecular flexibility index (Phi) is 7.44. The Balaban J connectivity index is 2.54. The highest BCUT2D eigenvalue weighted by molar-refractivity contribution is 5.82. The molecule has 0 spiro atoms. The quantitative estimate of drug-likeness (QED) is 0.372. The summed E-state index contributed by atoms with van der Waals surface area (Å²) in [5, 5.41) is 0. The highest BCUT2D eigenvalue weighted by Gasteiger charge is 2.61. The van der Waals surface area contributed by atoms with Crippen LogP contribution in [0.1, 0.15) is 74.1 Å². The zero-order valence-electron chi connectivity index (χ0n) is 18.5. The zero-order chi connectivity index (χ0) is 21.1. The molecule has 1 aliphatic carbocycles. The zero-order valence-corrected chi connectivity index (χ0v) is 18.5. The molecule has 0 amide bonds. The summed E-state index contributed by atoms with van der Waals surface area (Å²) in [5.41, 5.74) is 3.00. The molecule has 0 unspecified atom stereocenters. The Morgan fingerprint density at radius 3 is 2.39 bits per heavy atom. The normalized spacial score (nSPS) is 33.6. The highest BCUT2D eigenvalue weighted by Crippen LogP contribution is 2.49. The molecule has 0 bridgehead atoms. The van der Waals surface area contributed by atoms with E-state index in [0.29, 0.717) is 0 Å². The van der Waals surface area contributed by atoms with Crippen molar-refractivity contribution in [1.82, 2.24) is 0 Å². The number of fused-ring (bicyclic) bond motifs is 1. The molecule has 0 aromatic carbocycles. The minimum Gasteiger partial charge on any atom is -0.457 e. The van der Waals surface area contributed by atoms with Gasteiger partial charge in [0.15, 0.2) is 0 Å². The molecule has 1 saturated heterocycles. The second-order valence-corrected chi connectivity index (χ2v) is 8.87. The van der Waals surface area contributed by atoms with Gasteiger partial charge in [-0.2, -0.15) is 0 Å². The Morgan fingerprint density at radius 2 is 1.82 bits per heavy atom. The van der Waals surface area contributed by atoms with E-state index >= 15 is 0 Å². The lowest BCUT2D eigenvalue weighted by Gasteiger charge is -2.32. The molecule has 0 saturated carbocycles. The van der Waals surface area contributed by atoms with Gasteiger partial charge in [0.2, 0.25) is 0 Å². The van der Waals surface area contributed by atoms with Crippen LogP contribution < -0.4 is 0 Å². The van der Waals surface area contributed by atoms with Crippen LogP contribution in [0.25, 0.3) is 0 Å². The summed E-state index contributed by atoms with van der Waals surface area (Å²) in [6.45, 7) is 13.4. The van der Waals surface area contributed by atoms with Gasteiger partial charge in [-0.1, -0.05) is 43.2 Å². The lowest BCUT2D eigenvalue weighted by atomic mass is 9.77. The summed E-state index contributed by atoms with van der Waals surface area (Å²) in [7, 11) is 0. The highest BCUT2D eigenvalue weighted by atomic mass is 16.6. The number of ketones is 1. The van der Waals surface area contributed by atoms with Gasteiger partial charge in [0, 0.05) is 6.92 Å². The minimum absolute atomic E-state index is 0.00265. The van der Waals surface area contributed by atoms with E-state index in [1.807, 2.05) is 13.0 Å². The number of hydrogen-bond donors (Lipinski definition) is 0. The van der Waals surface area contributed by atoms with Crippen molar-refractivity contribution < 1.29 is 19.1 Å². The van der Waals surface area contributed by atoms with Crippen molar-refractivity contribution in [3.05, 3.63) is 34.9 Å². The third kappa shape index (κ3) is 5.44. The van der Waals surface area contributed by atoms with E-state index in [1.165, 1.54) is 18.1 Å². The van der Waals surface area contributed by atoms with E-state index in [9.17, 15) is 9.59 Å². The number of allylic oxidation sites excluding steroid dienone is 5. The summed E-state index contributed by atoms with van der Waals surface area (Å²) in [5.74, 6) is -0.728. The molecule has 156 valence electrons. The number of carbonyl (C=O) groups is 2. The van der Waals surface area contributed by atoms with Crippen LogP contribution in [-0.2, 0) is 19.1 Å². The maximum Gasteiger partial charge on any atom is 0.303 e. The van der Waals surface area contributed by atoms with Crippen molar-refractivity contribution in [2.24, 2.45) is 11.8 Å². The van der Waals surface area contributed by atoms with Crippen LogP contribution in [0.15, 0.2) is 34.9 Å². The lowest BCUT2D eigenvalue weighted by molar-refractivity contribution is -0.150. The van der Waals surface area contributed by atoms with Gasteiger partial charge in [-0.05, 0) is 64.9 Å². The van der Waals surface area contributed by atoms with E-state index in [-0.39, 0.29) is 23.8 Å². The standard InChI is InChI=1S/C24H36O4/c1-15(2)20-13-11-16(3)9-8-10-17(4)12-14-21-24(7,28-21)22(18(5)25)23(20)27-19(6)26/h10-11,13,15,21-23H,8-9,12,14H2,1-7H3/b16-11?,17-10+,20-13?/t21-,22-,23-,24-/m0/s1. The average Bonchev–Trinajstić information content (AvgIpc) is 3.21. The van der Waals surface area contributed by atoms with Crippen LogP contribution in [0.5, 0.6) is 0 Å². The number of hydrogen-bond acceptors (Lipinski definition) is 4. The number of rotatable bonds is 3. The minimum atomic E-state index is -0.603. The van der Waals surface area contributed by atoms with Gasteiger partial charge in [0.1, 0.15) is 17.5 Å². The molecule has 4 atom stereocenters. The number of epoxide rings is 1. The van der Waals surface area contributed by atoms with Crippen LogP contribution in [0.4, 0.5) is 0 Å². The maximum atomic E-state index is 12.7. The van der Waals surface area contributed by atoms with Gasteiger partial charge in [-0.25, -0.2) is 0 Å². The van der Waals surface area contributed by atoms with Crippen molar-refractivity contribution in [3.8, 4) is 0 Å². The molecule has 0 aromatic rings. The summed E-state index contributed by atoms with van der Waals surface area (Å²) in [4.78, 5) is 24.7. The lowest BCUT2D eigenvalue weighted by Crippen LogP contribution is -2.43. The first-order chi connectivity index (χ1) is 13.1. The van der Waals surface area contributed by atoms with Crippen LogP contribution in [0.2, 0.25) is 0 Å². The van der Waals surface area contributed by atoms with Gasteiger partial charge >= 0.3 is 5.97 Å². The Bertz CT molecular complexity index is 697. The molecule has 1 fully saturated rings. The van der Waals surface area contributed by atoms with E-state index in [4.69, 9.17) is 9.47 Å². The van der Waals surface area contributed by atoms with Gasteiger partial charge in [0.05, 0.1) is 12.0 Å². The number of ether oxygens (including phenoxy) is 2. The molecular weight excluding hydrogens is 352 g/mol. The van der Waals surface area contributed by atoms with Gasteiger partial charge in [-0.3, -0.25) is 9.59 Å². The second kappa shape index (κ2) is 9.21. The Labute approximate surface area is 170 Å². The molecular formula is C24H36O4. The summed E-state index contributed by atoms with van der Waals surface area (Å²) >= 11 is 0. The van der Waals surface area contributed by atoms with Gasteiger partial charge in [0.25, 0.3) is 0 Å². The first-order valence-corrected chi connectivity index (χ1v) is 10.4. The van der Waals surface area contributed by atoms with E-state index < -0.39 is 17.6 Å². The molecule has 28 heavy (non-hydrogen) atoms. The average molecular weight is 389 g/mol. The third-order valence-corrected chi connectivity index (χ3v) is 6.02. The van der Waals surface area contributed by atoms with Gasteiger partial charge < -0.3 is 9.47 Å². The Morgan fingerprint density at radius 1 is 1.14 bits per heavy atom. The molecule has 4 heteroatoms. The molecule has 2 rings (SSSR count). The summed E-state index contributed by atoms with van der Waals surface area (Å²) in [6.07, 6.45) is 9.71. The SMILES string of the molecule is CC(=O)O[C@H]1C(C(C)C)=CC=C(C)CC/C=C(\C)CC[C@@H]2O[C@]2(C)[C@H]1C(C)=O.